The number of halogens is 1. The third-order valence-electron chi connectivity index (χ3n) is 1.71. The van der Waals surface area contributed by atoms with Crippen LogP contribution in [-0.4, -0.2) is 42.7 Å². The molecule has 0 aliphatic rings. The van der Waals surface area contributed by atoms with Crippen LogP contribution >= 0.6 is 11.6 Å². The zero-order chi connectivity index (χ0) is 11.8. The Labute approximate surface area is 98.4 Å². The lowest BCUT2D eigenvalue weighted by molar-refractivity contribution is -0.119. The normalized spacial score (nSPS) is 9.88. The number of nitrogens with zero attached hydrogens (tertiary/aromatic N) is 2. The zero-order valence-electron chi connectivity index (χ0n) is 8.86. The second-order valence-corrected chi connectivity index (χ2v) is 3.32. The number of hydrogen-bond acceptors (Lipinski definition) is 5. The van der Waals surface area contributed by atoms with E-state index in [1.54, 1.807) is 7.11 Å². The molecule has 7 heteroatoms. The first-order valence-electron chi connectivity index (χ1n) is 4.69. The van der Waals surface area contributed by atoms with Gasteiger partial charge >= 0.3 is 0 Å². The number of aromatic nitrogens is 2. The van der Waals surface area contributed by atoms with E-state index in [1.807, 2.05) is 0 Å². The molecule has 0 aromatic carbocycles. The summed E-state index contributed by atoms with van der Waals surface area (Å²) in [6.07, 6.45) is 2.82. The van der Waals surface area contributed by atoms with Gasteiger partial charge in [0.1, 0.15) is 17.2 Å². The molecule has 1 aromatic heterocycles. The highest BCUT2D eigenvalue weighted by Crippen LogP contribution is 2.15. The van der Waals surface area contributed by atoms with Crippen molar-refractivity contribution in [3.63, 3.8) is 0 Å². The van der Waals surface area contributed by atoms with Crippen molar-refractivity contribution in [2.45, 2.75) is 0 Å². The highest BCUT2D eigenvalue weighted by molar-refractivity contribution is 6.32. The van der Waals surface area contributed by atoms with E-state index >= 15 is 0 Å². The third kappa shape index (κ3) is 4.41. The SMILES string of the molecule is COCCNC(=O)CNc1ncncc1Cl. The number of amides is 1. The molecule has 0 radical (unpaired) electrons. The van der Waals surface area contributed by atoms with Crippen molar-refractivity contribution in [3.8, 4) is 0 Å². The van der Waals surface area contributed by atoms with Gasteiger partial charge in [0.25, 0.3) is 0 Å². The van der Waals surface area contributed by atoms with Crippen LogP contribution in [0.4, 0.5) is 5.82 Å². The molecule has 0 atom stereocenters. The van der Waals surface area contributed by atoms with Gasteiger partial charge in [0.2, 0.25) is 5.91 Å². The van der Waals surface area contributed by atoms with Gasteiger partial charge in [0.15, 0.2) is 0 Å². The molecule has 0 saturated carbocycles. The van der Waals surface area contributed by atoms with Crippen LogP contribution in [-0.2, 0) is 9.53 Å². The van der Waals surface area contributed by atoms with Gasteiger partial charge in [-0.25, -0.2) is 9.97 Å². The fraction of sp³-hybridized carbons (Fsp3) is 0.444. The molecular weight excluding hydrogens is 232 g/mol. The van der Waals surface area contributed by atoms with Gasteiger partial charge in [0.05, 0.1) is 19.3 Å². The van der Waals surface area contributed by atoms with Gasteiger partial charge in [-0.15, -0.1) is 0 Å². The minimum atomic E-state index is -0.147. The number of rotatable bonds is 6. The van der Waals surface area contributed by atoms with Gasteiger partial charge in [-0.05, 0) is 0 Å². The predicted octanol–water partition coefficient (Wildman–Crippen LogP) is 0.305. The Morgan fingerprint density at radius 1 is 1.62 bits per heavy atom. The van der Waals surface area contributed by atoms with Crippen LogP contribution in [0, 0.1) is 0 Å². The molecule has 0 bridgehead atoms. The fourth-order valence-corrected chi connectivity index (χ4v) is 1.13. The highest BCUT2D eigenvalue weighted by atomic mass is 35.5. The minimum absolute atomic E-state index is 0.112. The zero-order valence-corrected chi connectivity index (χ0v) is 9.62. The molecule has 16 heavy (non-hydrogen) atoms. The first-order valence-corrected chi connectivity index (χ1v) is 5.07. The maximum Gasteiger partial charge on any atom is 0.239 e. The van der Waals surface area contributed by atoms with Gasteiger partial charge in [-0.2, -0.15) is 0 Å². The Bertz CT molecular complexity index is 348. The first-order chi connectivity index (χ1) is 7.74. The number of methoxy groups -OCH3 is 1. The van der Waals surface area contributed by atoms with Gasteiger partial charge in [0, 0.05) is 13.7 Å². The number of ether oxygens (including phenoxy) is 1. The summed E-state index contributed by atoms with van der Waals surface area (Å²) in [7, 11) is 1.57. The second kappa shape index (κ2) is 6.97. The number of nitrogens with one attached hydrogen (secondary N) is 2. The van der Waals surface area contributed by atoms with Crippen LogP contribution in [0.15, 0.2) is 12.5 Å². The van der Waals surface area contributed by atoms with Crippen molar-refractivity contribution in [2.75, 3.05) is 32.1 Å². The van der Waals surface area contributed by atoms with Crippen molar-refractivity contribution in [2.24, 2.45) is 0 Å². The third-order valence-corrected chi connectivity index (χ3v) is 1.99. The lowest BCUT2D eigenvalue weighted by Gasteiger charge is -2.07. The second-order valence-electron chi connectivity index (χ2n) is 2.92. The van der Waals surface area contributed by atoms with Crippen molar-refractivity contribution < 1.29 is 9.53 Å². The maximum atomic E-state index is 11.3. The Balaban J connectivity index is 2.29. The van der Waals surface area contributed by atoms with Crippen LogP contribution in [0.5, 0.6) is 0 Å². The molecule has 88 valence electrons. The molecule has 0 aliphatic heterocycles. The average molecular weight is 245 g/mol. The number of hydrogen-bond donors (Lipinski definition) is 2. The summed E-state index contributed by atoms with van der Waals surface area (Å²) in [5, 5.41) is 5.85. The van der Waals surface area contributed by atoms with E-state index in [0.29, 0.717) is 24.0 Å². The maximum absolute atomic E-state index is 11.3. The number of anilines is 1. The van der Waals surface area contributed by atoms with E-state index in [0.717, 1.165) is 0 Å². The summed E-state index contributed by atoms with van der Waals surface area (Å²) in [6.45, 7) is 1.08. The molecule has 0 saturated heterocycles. The van der Waals surface area contributed by atoms with Gasteiger partial charge in [-0.3, -0.25) is 4.79 Å². The van der Waals surface area contributed by atoms with Crippen LogP contribution < -0.4 is 10.6 Å². The summed E-state index contributed by atoms with van der Waals surface area (Å²) in [5.74, 6) is 0.297. The lowest BCUT2D eigenvalue weighted by atomic mass is 10.5. The predicted molar refractivity (Wildman–Crippen MR) is 60.4 cm³/mol. The Morgan fingerprint density at radius 2 is 2.44 bits per heavy atom. The molecule has 1 aromatic rings. The summed E-state index contributed by atoms with van der Waals surface area (Å²) in [4.78, 5) is 18.9. The van der Waals surface area contributed by atoms with Crippen LogP contribution in [0.3, 0.4) is 0 Å². The monoisotopic (exact) mass is 244 g/mol. The molecule has 1 rings (SSSR count). The Morgan fingerprint density at radius 3 is 3.12 bits per heavy atom. The van der Waals surface area contributed by atoms with E-state index in [1.165, 1.54) is 12.5 Å². The quantitative estimate of drug-likeness (QED) is 0.704. The molecule has 0 unspecified atom stereocenters. The molecular formula is C9H13ClN4O2. The van der Waals surface area contributed by atoms with E-state index in [4.69, 9.17) is 16.3 Å². The van der Waals surface area contributed by atoms with E-state index < -0.39 is 0 Å². The molecule has 6 nitrogen and oxygen atoms in total. The Hall–Kier alpha value is -1.40. The van der Waals surface area contributed by atoms with E-state index in [-0.39, 0.29) is 12.5 Å². The lowest BCUT2D eigenvalue weighted by Crippen LogP contribution is -2.32. The van der Waals surface area contributed by atoms with Crippen molar-refractivity contribution >= 4 is 23.3 Å². The standard InChI is InChI=1S/C9H13ClN4O2/c1-16-3-2-12-8(15)5-13-9-7(10)4-11-6-14-9/h4,6H,2-3,5H2,1H3,(H,12,15)(H,11,13,14). The molecule has 2 N–H and O–H groups in total. The summed E-state index contributed by atoms with van der Waals surface area (Å²) < 4.78 is 4.80. The van der Waals surface area contributed by atoms with Crippen molar-refractivity contribution in [1.82, 2.24) is 15.3 Å². The Kier molecular flexibility index (Phi) is 5.52. The summed E-state index contributed by atoms with van der Waals surface area (Å²) in [6, 6.07) is 0. The van der Waals surface area contributed by atoms with Gasteiger partial charge in [-0.1, -0.05) is 11.6 Å². The van der Waals surface area contributed by atoms with Crippen LogP contribution in [0.2, 0.25) is 5.02 Å². The van der Waals surface area contributed by atoms with Gasteiger partial charge < -0.3 is 15.4 Å². The molecule has 0 aliphatic carbocycles. The summed E-state index contributed by atoms with van der Waals surface area (Å²) >= 11 is 5.80. The number of carbonyl (C=O) groups excluding carboxylic acids is 1. The number of carbonyl (C=O) groups is 1. The fourth-order valence-electron chi connectivity index (χ4n) is 0.962. The van der Waals surface area contributed by atoms with Crippen LogP contribution in [0.25, 0.3) is 0 Å². The molecule has 1 amide bonds. The molecule has 0 fully saturated rings. The first kappa shape index (κ1) is 12.7. The van der Waals surface area contributed by atoms with Crippen LogP contribution in [0.1, 0.15) is 0 Å². The van der Waals surface area contributed by atoms with E-state index in [2.05, 4.69) is 20.6 Å². The van der Waals surface area contributed by atoms with Crippen molar-refractivity contribution in [1.29, 1.82) is 0 Å². The smallest absolute Gasteiger partial charge is 0.239 e. The van der Waals surface area contributed by atoms with Crippen molar-refractivity contribution in [3.05, 3.63) is 17.5 Å². The average Bonchev–Trinajstić information content (AvgIpc) is 2.28. The highest BCUT2D eigenvalue weighted by Gasteiger charge is 2.03. The summed E-state index contributed by atoms with van der Waals surface area (Å²) in [5.41, 5.74) is 0. The topological polar surface area (TPSA) is 76.1 Å². The largest absolute Gasteiger partial charge is 0.383 e. The molecule has 0 spiro atoms. The van der Waals surface area contributed by atoms with E-state index in [9.17, 15) is 4.79 Å². The molecule has 1 heterocycles. The minimum Gasteiger partial charge on any atom is -0.383 e.